The minimum atomic E-state index is -1.23. The maximum atomic E-state index is 14.0. The number of ketones is 1. The molecule has 0 aliphatic rings. The first-order valence-corrected chi connectivity index (χ1v) is 14.8. The van der Waals surface area contributed by atoms with Crippen LogP contribution in [0.3, 0.4) is 0 Å². The number of rotatable bonds is 13. The van der Waals surface area contributed by atoms with Crippen LogP contribution >= 0.6 is 0 Å². The second-order valence-corrected chi connectivity index (χ2v) is 11.9. The zero-order valence-electron chi connectivity index (χ0n) is 26.6. The molecule has 0 bridgehead atoms. The number of benzene rings is 2. The van der Waals surface area contributed by atoms with Crippen molar-refractivity contribution < 1.29 is 38.1 Å². The molecule has 0 unspecified atom stereocenters. The molecule has 10 heteroatoms. The first-order chi connectivity index (χ1) is 21.2. The Kier molecular flexibility index (Phi) is 12.0. The SMILES string of the molecule is COC(=O)C[C@H](O)CC(=O)/C=C/c1c(-c2ccc(F)cc2)c(-c2ccccc2)c(C(=O)NCCC(=O)OC(C)(C)C)n1C(C)C. The third-order valence-electron chi connectivity index (χ3n) is 6.70. The third-order valence-corrected chi connectivity index (χ3v) is 6.70. The van der Waals surface area contributed by atoms with Gasteiger partial charge in [-0.05, 0) is 70.0 Å². The van der Waals surface area contributed by atoms with Gasteiger partial charge in [-0.1, -0.05) is 42.5 Å². The first kappa shape index (κ1) is 34.9. The smallest absolute Gasteiger partial charge is 0.308 e. The van der Waals surface area contributed by atoms with Crippen LogP contribution in [0.15, 0.2) is 60.7 Å². The van der Waals surface area contributed by atoms with E-state index in [9.17, 15) is 28.7 Å². The maximum absolute atomic E-state index is 14.0. The topological polar surface area (TPSA) is 124 Å². The van der Waals surface area contributed by atoms with Crippen LogP contribution in [0.5, 0.6) is 0 Å². The van der Waals surface area contributed by atoms with E-state index in [0.717, 1.165) is 0 Å². The summed E-state index contributed by atoms with van der Waals surface area (Å²) in [5.74, 6) is -2.42. The number of aliphatic hydroxyl groups excluding tert-OH is 1. The van der Waals surface area contributed by atoms with Crippen molar-refractivity contribution in [1.82, 2.24) is 9.88 Å². The molecule has 3 rings (SSSR count). The van der Waals surface area contributed by atoms with Crippen LogP contribution in [0.2, 0.25) is 0 Å². The Labute approximate surface area is 263 Å². The number of carbonyl (C=O) groups excluding carboxylic acids is 4. The lowest BCUT2D eigenvalue weighted by atomic mass is 9.94. The number of nitrogens with one attached hydrogen (secondary N) is 1. The molecule has 45 heavy (non-hydrogen) atoms. The molecular formula is C35H41FN2O7. The summed E-state index contributed by atoms with van der Waals surface area (Å²) in [4.78, 5) is 50.7. The van der Waals surface area contributed by atoms with Crippen molar-refractivity contribution in [2.24, 2.45) is 0 Å². The Hall–Kier alpha value is -4.57. The van der Waals surface area contributed by atoms with E-state index >= 15 is 0 Å². The van der Waals surface area contributed by atoms with Crippen molar-refractivity contribution in [1.29, 1.82) is 0 Å². The summed E-state index contributed by atoms with van der Waals surface area (Å²) in [5, 5.41) is 13.0. The van der Waals surface area contributed by atoms with E-state index in [2.05, 4.69) is 10.1 Å². The van der Waals surface area contributed by atoms with Gasteiger partial charge in [0.05, 0.1) is 31.7 Å². The van der Waals surface area contributed by atoms with Crippen LogP contribution in [0.25, 0.3) is 28.3 Å². The number of nitrogens with zero attached hydrogens (tertiary/aromatic N) is 1. The highest BCUT2D eigenvalue weighted by molar-refractivity contribution is 6.07. The molecule has 2 aromatic carbocycles. The molecular weight excluding hydrogens is 579 g/mol. The number of halogens is 1. The zero-order valence-corrected chi connectivity index (χ0v) is 26.6. The summed E-state index contributed by atoms with van der Waals surface area (Å²) in [6.07, 6.45) is 0.950. The van der Waals surface area contributed by atoms with Crippen molar-refractivity contribution in [3.63, 3.8) is 0 Å². The van der Waals surface area contributed by atoms with Crippen LogP contribution in [-0.2, 0) is 23.9 Å². The maximum Gasteiger partial charge on any atom is 0.308 e. The molecule has 1 aromatic heterocycles. The molecule has 1 amide bonds. The fourth-order valence-electron chi connectivity index (χ4n) is 4.90. The van der Waals surface area contributed by atoms with E-state index < -0.39 is 41.2 Å². The predicted molar refractivity (Wildman–Crippen MR) is 170 cm³/mol. The minimum Gasteiger partial charge on any atom is -0.469 e. The van der Waals surface area contributed by atoms with E-state index in [4.69, 9.17) is 4.74 Å². The summed E-state index contributed by atoms with van der Waals surface area (Å²) in [6, 6.07) is 14.8. The number of aliphatic hydroxyl groups is 1. The van der Waals surface area contributed by atoms with Gasteiger partial charge < -0.3 is 24.5 Å². The number of hydrogen-bond donors (Lipinski definition) is 2. The number of carbonyl (C=O) groups is 4. The van der Waals surface area contributed by atoms with Crippen LogP contribution in [0, 0.1) is 5.82 Å². The Morgan fingerprint density at radius 3 is 2.13 bits per heavy atom. The van der Waals surface area contributed by atoms with Crippen LogP contribution in [0.4, 0.5) is 4.39 Å². The van der Waals surface area contributed by atoms with E-state index in [1.165, 1.54) is 25.3 Å². The molecule has 3 aromatic rings. The Bertz CT molecular complexity index is 1530. The molecule has 240 valence electrons. The fraction of sp³-hybridized carbons (Fsp3) is 0.371. The Balaban J connectivity index is 2.17. The summed E-state index contributed by atoms with van der Waals surface area (Å²) >= 11 is 0. The molecule has 0 saturated heterocycles. The number of hydrogen-bond acceptors (Lipinski definition) is 7. The quantitative estimate of drug-likeness (QED) is 0.180. The summed E-state index contributed by atoms with van der Waals surface area (Å²) in [5.41, 5.74) is 2.60. The lowest BCUT2D eigenvalue weighted by molar-refractivity contribution is -0.154. The van der Waals surface area contributed by atoms with E-state index in [0.29, 0.717) is 27.9 Å². The molecule has 0 radical (unpaired) electrons. The van der Waals surface area contributed by atoms with Gasteiger partial charge in [0, 0.05) is 30.1 Å². The number of esters is 2. The average molecular weight is 621 g/mol. The van der Waals surface area contributed by atoms with Gasteiger partial charge in [-0.25, -0.2) is 4.39 Å². The Morgan fingerprint density at radius 1 is 0.933 bits per heavy atom. The summed E-state index contributed by atoms with van der Waals surface area (Å²) in [7, 11) is 1.20. The number of aromatic nitrogens is 1. The monoisotopic (exact) mass is 620 g/mol. The average Bonchev–Trinajstić information content (AvgIpc) is 3.31. The number of allylic oxidation sites excluding steroid dienone is 1. The fourth-order valence-corrected chi connectivity index (χ4v) is 4.90. The lowest BCUT2D eigenvalue weighted by Gasteiger charge is -2.20. The zero-order chi connectivity index (χ0) is 33.3. The van der Waals surface area contributed by atoms with Crippen molar-refractivity contribution >= 4 is 29.7 Å². The van der Waals surface area contributed by atoms with Gasteiger partial charge >= 0.3 is 11.9 Å². The van der Waals surface area contributed by atoms with Crippen molar-refractivity contribution in [2.75, 3.05) is 13.7 Å². The van der Waals surface area contributed by atoms with Gasteiger partial charge in [-0.2, -0.15) is 0 Å². The van der Waals surface area contributed by atoms with Gasteiger partial charge in [-0.3, -0.25) is 19.2 Å². The minimum absolute atomic E-state index is 0.0267. The Morgan fingerprint density at radius 2 is 1.56 bits per heavy atom. The molecule has 2 N–H and O–H groups in total. The standard InChI is InChI=1S/C35H41FN2O7/c1-22(2)38-28(17-16-26(39)20-27(40)21-30(42)44-6)31(24-12-14-25(36)15-13-24)32(23-10-8-7-9-11-23)33(38)34(43)37-19-18-29(41)45-35(3,4)5/h7-17,22,27,40H,18-21H2,1-6H3,(H,37,43)/b17-16+/t27-/m1/s1. The lowest BCUT2D eigenvalue weighted by Crippen LogP contribution is -2.31. The highest BCUT2D eigenvalue weighted by atomic mass is 19.1. The van der Waals surface area contributed by atoms with Gasteiger partial charge in [0.1, 0.15) is 17.1 Å². The highest BCUT2D eigenvalue weighted by Crippen LogP contribution is 2.42. The highest BCUT2D eigenvalue weighted by Gasteiger charge is 2.29. The largest absolute Gasteiger partial charge is 0.469 e. The van der Waals surface area contributed by atoms with Crippen molar-refractivity contribution in [3.8, 4) is 22.3 Å². The first-order valence-electron chi connectivity index (χ1n) is 14.8. The van der Waals surface area contributed by atoms with Crippen LogP contribution in [0.1, 0.15) is 76.1 Å². The van der Waals surface area contributed by atoms with E-state index in [1.54, 1.807) is 43.5 Å². The number of amides is 1. The van der Waals surface area contributed by atoms with Gasteiger partial charge in [0.15, 0.2) is 5.78 Å². The summed E-state index contributed by atoms with van der Waals surface area (Å²) in [6.45, 7) is 9.10. The summed E-state index contributed by atoms with van der Waals surface area (Å²) < 4.78 is 25.8. The third kappa shape index (κ3) is 9.71. The molecule has 1 heterocycles. The van der Waals surface area contributed by atoms with Crippen LogP contribution < -0.4 is 5.32 Å². The molecule has 0 aliphatic heterocycles. The number of methoxy groups -OCH3 is 1. The molecule has 9 nitrogen and oxygen atoms in total. The van der Waals surface area contributed by atoms with E-state index in [1.807, 2.05) is 44.2 Å². The van der Waals surface area contributed by atoms with Crippen molar-refractivity contribution in [3.05, 3.63) is 77.9 Å². The predicted octanol–water partition coefficient (Wildman–Crippen LogP) is 5.90. The molecule has 0 aliphatic carbocycles. The normalized spacial score (nSPS) is 12.3. The second kappa shape index (κ2) is 15.4. The molecule has 1 atom stereocenters. The van der Waals surface area contributed by atoms with Gasteiger partial charge in [0.25, 0.3) is 5.91 Å². The van der Waals surface area contributed by atoms with Crippen LogP contribution in [-0.4, -0.2) is 58.7 Å². The van der Waals surface area contributed by atoms with Crippen molar-refractivity contribution in [2.45, 2.75) is 71.6 Å². The number of ether oxygens (including phenoxy) is 2. The molecule has 0 spiro atoms. The van der Waals surface area contributed by atoms with Gasteiger partial charge in [-0.15, -0.1) is 0 Å². The molecule has 0 saturated carbocycles. The second-order valence-electron chi connectivity index (χ2n) is 11.9. The van der Waals surface area contributed by atoms with E-state index in [-0.39, 0.29) is 37.5 Å². The molecule has 0 fully saturated rings. The van der Waals surface area contributed by atoms with Gasteiger partial charge in [0.2, 0.25) is 0 Å².